The van der Waals surface area contributed by atoms with Gasteiger partial charge in [-0.1, -0.05) is 20.8 Å². The number of hydrogen-bond acceptors (Lipinski definition) is 6. The predicted molar refractivity (Wildman–Crippen MR) is 102 cm³/mol. The number of rotatable bonds is 5. The highest BCUT2D eigenvalue weighted by Gasteiger charge is 2.20. The molecule has 3 rings (SSSR count). The van der Waals surface area contributed by atoms with Gasteiger partial charge in [0.2, 0.25) is 6.41 Å². The number of nitrogens with zero attached hydrogens (tertiary/aromatic N) is 5. The molecular formula is C17H27N7O2. The van der Waals surface area contributed by atoms with E-state index in [2.05, 4.69) is 25.6 Å². The lowest BCUT2D eigenvalue weighted by Crippen LogP contribution is -2.43. The summed E-state index contributed by atoms with van der Waals surface area (Å²) in [4.78, 5) is 30.9. The molecule has 9 heteroatoms. The molecule has 3 heterocycles. The molecule has 9 nitrogen and oxygen atoms in total. The number of imide groups is 1. The van der Waals surface area contributed by atoms with Gasteiger partial charge in [-0.05, 0) is 6.42 Å². The van der Waals surface area contributed by atoms with Crippen LogP contribution in [0.25, 0.3) is 5.65 Å². The molecule has 0 saturated carbocycles. The van der Waals surface area contributed by atoms with Gasteiger partial charge in [0.25, 0.3) is 0 Å². The van der Waals surface area contributed by atoms with Crippen LogP contribution in [0.15, 0.2) is 18.6 Å². The van der Waals surface area contributed by atoms with Crippen molar-refractivity contribution in [3.05, 3.63) is 18.6 Å². The summed E-state index contributed by atoms with van der Waals surface area (Å²) in [6.07, 6.45) is 6.45. The van der Waals surface area contributed by atoms with Crippen molar-refractivity contribution in [1.82, 2.24) is 25.2 Å². The normalized spacial score (nSPS) is 13.7. The Balaban J connectivity index is 0.00000117. The lowest BCUT2D eigenvalue weighted by atomic mass is 10.3. The molecule has 0 bridgehead atoms. The van der Waals surface area contributed by atoms with E-state index in [9.17, 15) is 9.59 Å². The van der Waals surface area contributed by atoms with Gasteiger partial charge in [0.1, 0.15) is 5.69 Å². The first-order valence-electron chi connectivity index (χ1n) is 9.05. The molecule has 0 aromatic carbocycles. The molecular weight excluding hydrogens is 334 g/mol. The zero-order valence-electron chi connectivity index (χ0n) is 15.6. The summed E-state index contributed by atoms with van der Waals surface area (Å²) < 4.78 is 1.67. The third kappa shape index (κ3) is 4.29. The summed E-state index contributed by atoms with van der Waals surface area (Å²) in [6.45, 7) is 10.2. The summed E-state index contributed by atoms with van der Waals surface area (Å²) >= 11 is 0. The first-order chi connectivity index (χ1) is 12.7. The zero-order valence-corrected chi connectivity index (χ0v) is 15.6. The van der Waals surface area contributed by atoms with Crippen molar-refractivity contribution >= 4 is 29.5 Å². The molecule has 26 heavy (non-hydrogen) atoms. The quantitative estimate of drug-likeness (QED) is 0.778. The Kier molecular flexibility index (Phi) is 7.34. The highest BCUT2D eigenvalue weighted by atomic mass is 16.2. The Morgan fingerprint density at radius 2 is 2.08 bits per heavy atom. The molecule has 1 fully saturated rings. The van der Waals surface area contributed by atoms with Crippen LogP contribution in [0, 0.1) is 0 Å². The Morgan fingerprint density at radius 1 is 1.35 bits per heavy atom. The van der Waals surface area contributed by atoms with Crippen LogP contribution in [-0.4, -0.2) is 59.8 Å². The minimum atomic E-state index is -0.477. The molecule has 2 aromatic heterocycles. The summed E-state index contributed by atoms with van der Waals surface area (Å²) in [5, 5.41) is 9.81. The second-order valence-corrected chi connectivity index (χ2v) is 5.57. The van der Waals surface area contributed by atoms with E-state index in [1.54, 1.807) is 16.9 Å². The smallest absolute Gasteiger partial charge is 0.328 e. The number of aromatic nitrogens is 3. The number of hydrogen-bond donors (Lipinski definition) is 2. The van der Waals surface area contributed by atoms with Crippen LogP contribution in [0.5, 0.6) is 0 Å². The van der Waals surface area contributed by atoms with Crippen molar-refractivity contribution in [1.29, 1.82) is 0 Å². The maximum absolute atomic E-state index is 12.1. The number of amides is 3. The van der Waals surface area contributed by atoms with Crippen molar-refractivity contribution in [2.75, 3.05) is 42.5 Å². The van der Waals surface area contributed by atoms with Crippen molar-refractivity contribution < 1.29 is 9.59 Å². The fraction of sp³-hybridized carbons (Fsp3) is 0.529. The van der Waals surface area contributed by atoms with Crippen LogP contribution in [0.1, 0.15) is 27.2 Å². The molecule has 0 radical (unpaired) electrons. The van der Waals surface area contributed by atoms with E-state index in [0.29, 0.717) is 24.3 Å². The van der Waals surface area contributed by atoms with Crippen molar-refractivity contribution in [2.45, 2.75) is 27.2 Å². The van der Waals surface area contributed by atoms with E-state index >= 15 is 0 Å². The Morgan fingerprint density at radius 3 is 2.73 bits per heavy atom. The van der Waals surface area contributed by atoms with Crippen LogP contribution >= 0.6 is 0 Å². The number of piperazine rings is 1. The molecule has 2 aromatic rings. The van der Waals surface area contributed by atoms with Gasteiger partial charge in [-0.3, -0.25) is 15.0 Å². The number of carbonyl (C=O) groups excluding carboxylic acids is 2. The van der Waals surface area contributed by atoms with Crippen LogP contribution in [0.2, 0.25) is 0 Å². The number of urea groups is 1. The minimum absolute atomic E-state index is 0.382. The van der Waals surface area contributed by atoms with Gasteiger partial charge in [-0.25, -0.2) is 14.3 Å². The third-order valence-corrected chi connectivity index (χ3v) is 3.97. The van der Waals surface area contributed by atoms with Gasteiger partial charge in [0, 0.05) is 32.7 Å². The largest absolute Gasteiger partial charge is 0.366 e. The van der Waals surface area contributed by atoms with Gasteiger partial charge in [0.15, 0.2) is 5.65 Å². The predicted octanol–water partition coefficient (Wildman–Crippen LogP) is 1.25. The topological polar surface area (TPSA) is 94.9 Å². The molecule has 1 aliphatic heterocycles. The van der Waals surface area contributed by atoms with Gasteiger partial charge in [-0.15, -0.1) is 0 Å². The maximum Gasteiger partial charge on any atom is 0.328 e. The highest BCUT2D eigenvalue weighted by Crippen LogP contribution is 2.22. The third-order valence-electron chi connectivity index (χ3n) is 3.97. The summed E-state index contributed by atoms with van der Waals surface area (Å²) in [5.41, 5.74) is 2.17. The van der Waals surface area contributed by atoms with Crippen molar-refractivity contribution in [3.63, 3.8) is 0 Å². The second kappa shape index (κ2) is 9.71. The zero-order chi connectivity index (χ0) is 18.9. The average molecular weight is 361 g/mol. The minimum Gasteiger partial charge on any atom is -0.366 e. The number of anilines is 2. The van der Waals surface area contributed by atoms with E-state index in [1.165, 1.54) is 4.90 Å². The standard InChI is InChI=1S/C15H21N7O2.C2H6/c1-2-5-21(15(24)18-11-23)13-9-19-22-10-12(8-17-14(13)22)20-6-3-16-4-7-20;1-2/h8-11,16H,2-7H2,1H3,(H,18,23,24);1-2H3. The van der Waals surface area contributed by atoms with Crippen molar-refractivity contribution in [3.8, 4) is 0 Å². The maximum atomic E-state index is 12.1. The molecule has 3 amide bonds. The number of fused-ring (bicyclic) bond motifs is 1. The molecule has 1 saturated heterocycles. The first-order valence-corrected chi connectivity index (χ1v) is 9.05. The molecule has 0 atom stereocenters. The molecule has 1 aliphatic rings. The Bertz CT molecular complexity index is 725. The summed E-state index contributed by atoms with van der Waals surface area (Å²) in [6, 6.07) is -0.477. The Labute approximate surface area is 153 Å². The summed E-state index contributed by atoms with van der Waals surface area (Å²) in [5.74, 6) is 0. The second-order valence-electron chi connectivity index (χ2n) is 5.57. The van der Waals surface area contributed by atoms with E-state index in [0.717, 1.165) is 38.3 Å². The lowest BCUT2D eigenvalue weighted by molar-refractivity contribution is -0.108. The molecule has 0 aliphatic carbocycles. The number of carbonyl (C=O) groups is 2. The first kappa shape index (κ1) is 19.6. The monoisotopic (exact) mass is 361 g/mol. The average Bonchev–Trinajstić information content (AvgIpc) is 3.11. The number of nitrogens with one attached hydrogen (secondary N) is 2. The molecule has 0 unspecified atom stereocenters. The van der Waals surface area contributed by atoms with Crippen LogP contribution < -0.4 is 20.4 Å². The van der Waals surface area contributed by atoms with Crippen LogP contribution in [0.4, 0.5) is 16.2 Å². The van der Waals surface area contributed by atoms with Gasteiger partial charge in [-0.2, -0.15) is 5.10 Å². The lowest BCUT2D eigenvalue weighted by Gasteiger charge is -2.29. The fourth-order valence-corrected chi connectivity index (χ4v) is 2.81. The molecule has 142 valence electrons. The fourth-order valence-electron chi connectivity index (χ4n) is 2.81. The van der Waals surface area contributed by atoms with Crippen molar-refractivity contribution in [2.24, 2.45) is 0 Å². The van der Waals surface area contributed by atoms with E-state index in [4.69, 9.17) is 0 Å². The molecule has 0 spiro atoms. The highest BCUT2D eigenvalue weighted by molar-refractivity contribution is 5.99. The van der Waals surface area contributed by atoms with Gasteiger partial charge in [0.05, 0.1) is 24.3 Å². The summed E-state index contributed by atoms with van der Waals surface area (Å²) in [7, 11) is 0. The van der Waals surface area contributed by atoms with Crippen LogP contribution in [-0.2, 0) is 4.79 Å². The van der Waals surface area contributed by atoms with E-state index in [1.807, 2.05) is 27.0 Å². The van der Waals surface area contributed by atoms with E-state index < -0.39 is 6.03 Å². The van der Waals surface area contributed by atoms with E-state index in [-0.39, 0.29) is 0 Å². The SMILES string of the molecule is CC.CCCN(C(=O)NC=O)c1cnn2cc(N3CCNCC3)cnc12. The van der Waals surface area contributed by atoms with Crippen LogP contribution in [0.3, 0.4) is 0 Å². The van der Waals surface area contributed by atoms with Gasteiger partial charge >= 0.3 is 6.03 Å². The van der Waals surface area contributed by atoms with Gasteiger partial charge < -0.3 is 10.2 Å². The molecule has 2 N–H and O–H groups in total. The Hall–Kier alpha value is -2.68.